The number of carboxylic acids is 1. The van der Waals surface area contributed by atoms with Gasteiger partial charge in [-0.2, -0.15) is 8.42 Å². The Morgan fingerprint density at radius 3 is 1.35 bits per heavy atom. The lowest BCUT2D eigenvalue weighted by Crippen LogP contribution is -2.33. The largest absolute Gasteiger partial charge is 0.505 e. The summed E-state index contributed by atoms with van der Waals surface area (Å²) in [6, 6.07) is 23.4. The van der Waals surface area contributed by atoms with E-state index in [1.54, 1.807) is 106 Å². The highest BCUT2D eigenvalue weighted by atomic mass is 35.5. The smallest absolute Gasteiger partial charge is 0.394 e. The second kappa shape index (κ2) is 25.8. The summed E-state index contributed by atoms with van der Waals surface area (Å²) in [5.41, 5.74) is 4.30. The number of aliphatic hydroxyl groups excluding tert-OH is 7. The third-order valence-corrected chi connectivity index (χ3v) is 12.0. The normalized spacial score (nSPS) is 15.7. The topological polar surface area (TPSA) is 395 Å². The Bertz CT molecular complexity index is 3450. The number of carbonyl (C=O) groups excluding carboxylic acids is 5. The molecule has 2 aromatic heterocycles. The molecule has 2 aliphatic rings. The summed E-state index contributed by atoms with van der Waals surface area (Å²) in [4.78, 5) is 72.1. The third-order valence-electron chi connectivity index (χ3n) is 11.5. The van der Waals surface area contributed by atoms with Gasteiger partial charge in [0.15, 0.2) is 23.7 Å². The number of aliphatic hydroxyl groups is 7. The zero-order chi connectivity index (χ0) is 58.1. The van der Waals surface area contributed by atoms with Gasteiger partial charge < -0.3 is 64.5 Å². The molecule has 0 saturated heterocycles. The van der Waals surface area contributed by atoms with Gasteiger partial charge in [-0.3, -0.25) is 37.4 Å². The number of methoxy groups -OCH3 is 2. The standard InChI is InChI=1S/C25H22ClNO9.C19H16ClNO4.C6H8O6.H2O4S/c1-12-16(10-20(29)35-11-19(28)23-21(30)22(31)25(33)36-23)17-9-15(34-2)7-8-18(17)27(12)24(32)13-3-5-14(26)6-4-13;1-11-15(10-18(22)23)16-9-14(25-2)7-8-17(16)21(11)19(24)12-3-5-13(20)6-4-12;7-1-2(8)5-3(9)4(10)6(11)12-5;1-5(2,3)4/h3-9,19,23,28,30-31H,10-11H2,1-2H3;3-9H,10H2,1-2H3,(H,22,23);2,5,7-10H,1H2;(H2,1,2,3,4). The van der Waals surface area contributed by atoms with Crippen molar-refractivity contribution in [1.82, 2.24) is 9.13 Å². The molecule has 416 valence electrons. The Labute approximate surface area is 451 Å². The van der Waals surface area contributed by atoms with Crippen molar-refractivity contribution in [3.05, 3.63) is 152 Å². The van der Waals surface area contributed by atoms with Crippen LogP contribution in [0.1, 0.15) is 43.2 Å². The van der Waals surface area contributed by atoms with Crippen LogP contribution in [0, 0.1) is 13.8 Å². The first kappa shape index (κ1) is 60.7. The highest BCUT2D eigenvalue weighted by Gasteiger charge is 2.40. The molecule has 4 unspecified atom stereocenters. The van der Waals surface area contributed by atoms with Crippen molar-refractivity contribution < 1.29 is 111 Å². The molecule has 0 saturated carbocycles. The van der Waals surface area contributed by atoms with Gasteiger partial charge in [-0.1, -0.05) is 23.2 Å². The molecular formula is C50H48Cl2N2O23S. The number of carboxylic acid groups (broad SMARTS) is 1. The maximum Gasteiger partial charge on any atom is 0.394 e. The second-order valence-corrected chi connectivity index (χ2v) is 18.3. The summed E-state index contributed by atoms with van der Waals surface area (Å²) in [6.45, 7) is 2.16. The first-order valence-corrected chi connectivity index (χ1v) is 24.4. The molecule has 78 heavy (non-hydrogen) atoms. The molecule has 25 nitrogen and oxygen atoms in total. The van der Waals surface area contributed by atoms with Crippen LogP contribution in [0.25, 0.3) is 21.8 Å². The molecule has 4 aromatic carbocycles. The number of hydrogen-bond donors (Lipinski definition) is 10. The van der Waals surface area contributed by atoms with Crippen molar-refractivity contribution in [3.8, 4) is 11.5 Å². The van der Waals surface area contributed by atoms with E-state index in [4.69, 9.17) is 75.4 Å². The minimum absolute atomic E-state index is 0.170. The third kappa shape index (κ3) is 14.4. The van der Waals surface area contributed by atoms with Crippen molar-refractivity contribution in [3.63, 3.8) is 0 Å². The maximum atomic E-state index is 13.3. The fourth-order valence-corrected chi connectivity index (χ4v) is 8.01. The zero-order valence-electron chi connectivity index (χ0n) is 41.1. The van der Waals surface area contributed by atoms with Crippen molar-refractivity contribution in [1.29, 1.82) is 0 Å². The number of nitrogens with zero attached hydrogens (tertiary/aromatic N) is 2. The van der Waals surface area contributed by atoms with Crippen LogP contribution >= 0.6 is 23.2 Å². The fourth-order valence-electron chi connectivity index (χ4n) is 7.75. The maximum absolute atomic E-state index is 13.3. The van der Waals surface area contributed by atoms with Crippen LogP contribution in [0.5, 0.6) is 11.5 Å². The van der Waals surface area contributed by atoms with Gasteiger partial charge in [-0.15, -0.1) is 0 Å². The van der Waals surface area contributed by atoms with Gasteiger partial charge in [-0.25, -0.2) is 9.59 Å². The molecule has 2 aliphatic heterocycles. The van der Waals surface area contributed by atoms with Gasteiger partial charge >= 0.3 is 34.3 Å². The fraction of sp³-hybridized carbons (Fsp3) is 0.240. The number of halogens is 2. The summed E-state index contributed by atoms with van der Waals surface area (Å²) < 4.78 is 59.3. The summed E-state index contributed by atoms with van der Waals surface area (Å²) in [6.07, 6.45) is -6.34. The number of benzene rings is 4. The Balaban J connectivity index is 0.000000229. The minimum atomic E-state index is -4.67. The average molecular weight is 1150 g/mol. The second-order valence-electron chi connectivity index (χ2n) is 16.5. The highest BCUT2D eigenvalue weighted by Crippen LogP contribution is 2.33. The monoisotopic (exact) mass is 1150 g/mol. The molecule has 0 bridgehead atoms. The molecule has 0 spiro atoms. The average Bonchev–Trinajstić information content (AvgIpc) is 4.19. The van der Waals surface area contributed by atoms with E-state index in [0.717, 1.165) is 0 Å². The van der Waals surface area contributed by atoms with Gasteiger partial charge in [0.1, 0.15) is 30.3 Å². The molecule has 0 fully saturated rings. The highest BCUT2D eigenvalue weighted by molar-refractivity contribution is 7.79. The lowest BCUT2D eigenvalue weighted by Gasteiger charge is -2.17. The van der Waals surface area contributed by atoms with E-state index < -0.39 is 94.9 Å². The number of fused-ring (bicyclic) bond motifs is 2. The Kier molecular flexibility index (Phi) is 20.0. The molecule has 4 heterocycles. The molecule has 4 atom stereocenters. The zero-order valence-corrected chi connectivity index (χ0v) is 43.4. The van der Waals surface area contributed by atoms with E-state index in [-0.39, 0.29) is 24.7 Å². The van der Waals surface area contributed by atoms with Crippen molar-refractivity contribution in [2.45, 2.75) is 51.1 Å². The van der Waals surface area contributed by atoms with E-state index in [1.807, 2.05) is 0 Å². The first-order chi connectivity index (χ1) is 36.6. The Hall–Kier alpha value is -8.21. The van der Waals surface area contributed by atoms with E-state index >= 15 is 0 Å². The van der Waals surface area contributed by atoms with Crippen LogP contribution in [0.4, 0.5) is 0 Å². The van der Waals surface area contributed by atoms with Gasteiger partial charge in [0.05, 0.1) is 44.7 Å². The molecule has 28 heteroatoms. The number of cyclic esters (lactones) is 2. The van der Waals surface area contributed by atoms with Gasteiger partial charge in [-0.05, 0) is 110 Å². The van der Waals surface area contributed by atoms with Crippen LogP contribution in [0.2, 0.25) is 10.0 Å². The molecule has 8 rings (SSSR count). The molecule has 0 amide bonds. The summed E-state index contributed by atoms with van der Waals surface area (Å²) in [7, 11) is -1.63. The number of rotatable bonds is 13. The minimum Gasteiger partial charge on any atom is -0.505 e. The van der Waals surface area contributed by atoms with Gasteiger partial charge in [0.25, 0.3) is 11.8 Å². The first-order valence-electron chi connectivity index (χ1n) is 22.3. The summed E-state index contributed by atoms with van der Waals surface area (Å²) in [5, 5.41) is 75.8. The molecule has 0 aliphatic carbocycles. The number of aromatic nitrogens is 2. The number of hydrogen-bond acceptors (Lipinski definition) is 20. The van der Waals surface area contributed by atoms with Crippen molar-refractivity contribution >= 4 is 91.1 Å². The van der Waals surface area contributed by atoms with E-state index in [1.165, 1.54) is 16.2 Å². The predicted octanol–water partition coefficient (Wildman–Crippen LogP) is 4.87. The number of esters is 3. The van der Waals surface area contributed by atoms with Crippen LogP contribution in [0.15, 0.2) is 108 Å². The molecule has 10 N–H and O–H groups in total. The van der Waals surface area contributed by atoms with Crippen LogP contribution < -0.4 is 9.47 Å². The Morgan fingerprint density at radius 1 is 0.641 bits per heavy atom. The number of aliphatic carboxylic acids is 1. The number of ether oxygens (including phenoxy) is 5. The molecule has 6 aromatic rings. The predicted molar refractivity (Wildman–Crippen MR) is 272 cm³/mol. The summed E-state index contributed by atoms with van der Waals surface area (Å²) >= 11 is 11.8. The molecular weight excluding hydrogens is 1100 g/mol. The van der Waals surface area contributed by atoms with Gasteiger partial charge in [0, 0.05) is 43.3 Å². The van der Waals surface area contributed by atoms with Crippen molar-refractivity contribution in [2.75, 3.05) is 27.4 Å². The van der Waals surface area contributed by atoms with E-state index in [2.05, 4.69) is 9.47 Å². The SMILES string of the molecule is COc1ccc2c(c1)c(CC(=O)O)c(C)n2C(=O)c1ccc(Cl)cc1.COc1ccc2c(c1)c(CC(=O)OCC(O)C1OC(=O)C(O)=C1O)c(C)n2C(=O)c1ccc(Cl)cc1.O=C1OC(C(O)CO)C(O)=C1O.O=S(=O)(O)O. The van der Waals surface area contributed by atoms with Crippen molar-refractivity contribution in [2.24, 2.45) is 0 Å². The van der Waals surface area contributed by atoms with Gasteiger partial charge in [0.2, 0.25) is 11.5 Å². The van der Waals surface area contributed by atoms with Crippen LogP contribution in [0.3, 0.4) is 0 Å². The Morgan fingerprint density at radius 2 is 1.01 bits per heavy atom. The quantitative estimate of drug-likeness (QED) is 0.0419. The van der Waals surface area contributed by atoms with Crippen LogP contribution in [-0.4, -0.2) is 155 Å². The van der Waals surface area contributed by atoms with Crippen LogP contribution in [-0.2, 0) is 56.6 Å². The molecule has 0 radical (unpaired) electrons. The lowest BCUT2D eigenvalue weighted by molar-refractivity contribution is -0.154. The summed E-state index contributed by atoms with van der Waals surface area (Å²) in [5.74, 6) is -6.93. The number of carbonyl (C=O) groups is 6. The lowest BCUT2D eigenvalue weighted by atomic mass is 10.1. The van der Waals surface area contributed by atoms with E-state index in [9.17, 15) is 49.2 Å². The van der Waals surface area contributed by atoms with E-state index in [0.29, 0.717) is 77.0 Å².